The Labute approximate surface area is 165 Å². The van der Waals surface area contributed by atoms with Crippen LogP contribution in [0.25, 0.3) is 58.8 Å². The highest BCUT2D eigenvalue weighted by molar-refractivity contribution is 6.17. The van der Waals surface area contributed by atoms with E-state index in [1.165, 1.54) is 0 Å². The molecule has 0 atom stereocenters. The lowest BCUT2D eigenvalue weighted by Gasteiger charge is -2.07. The average molecular weight is 369 g/mol. The smallest absolute Gasteiger partial charge is 0.295 e. The van der Waals surface area contributed by atoms with Gasteiger partial charge in [0.1, 0.15) is 0 Å². The van der Waals surface area contributed by atoms with E-state index in [0.29, 0.717) is 11.2 Å². The third-order valence-electron chi connectivity index (χ3n) is 5.39. The van der Waals surface area contributed by atoms with Crippen LogP contribution in [-0.4, -0.2) is 14.4 Å². The Bertz CT molecular complexity index is 1730. The standard InChI is InChI=1S/C24H11N5/c1-25-22-23(26-2)28-24-21(27-22)18-12-15-8-4-3-7-14(15)11-17(18)20-13-16-9-5-6-10-19(16)29(20)24/h3-13H. The summed E-state index contributed by atoms with van der Waals surface area (Å²) in [6, 6.07) is 22.7. The molecular formula is C24H11N5. The molecule has 0 radical (unpaired) electrons. The predicted octanol–water partition coefficient (Wildman–Crippen LogP) is 6.44. The zero-order valence-electron chi connectivity index (χ0n) is 15.1. The molecule has 132 valence electrons. The summed E-state index contributed by atoms with van der Waals surface area (Å²) in [5.74, 6) is 0.0736. The van der Waals surface area contributed by atoms with Gasteiger partial charge in [-0.05, 0) is 35.0 Å². The first-order valence-electron chi connectivity index (χ1n) is 9.10. The van der Waals surface area contributed by atoms with Crippen molar-refractivity contribution >= 4 is 60.8 Å². The molecule has 0 fully saturated rings. The molecule has 29 heavy (non-hydrogen) atoms. The fraction of sp³-hybridized carbons (Fsp3) is 0. The Kier molecular flexibility index (Phi) is 2.96. The van der Waals surface area contributed by atoms with E-state index in [1.807, 2.05) is 30.3 Å². The van der Waals surface area contributed by atoms with Gasteiger partial charge >= 0.3 is 0 Å². The van der Waals surface area contributed by atoms with E-state index >= 15 is 0 Å². The van der Waals surface area contributed by atoms with Gasteiger partial charge in [-0.2, -0.15) is 0 Å². The molecule has 0 amide bonds. The average Bonchev–Trinajstić information content (AvgIpc) is 3.17. The molecule has 0 aliphatic heterocycles. The summed E-state index contributed by atoms with van der Waals surface area (Å²) < 4.78 is 2.05. The molecule has 3 aromatic carbocycles. The summed E-state index contributed by atoms with van der Waals surface area (Å²) in [6.45, 7) is 14.9. The first kappa shape index (κ1) is 15.6. The normalized spacial score (nSPS) is 11.4. The zero-order chi connectivity index (χ0) is 19.5. The number of rotatable bonds is 0. The molecule has 3 heterocycles. The molecule has 6 aromatic rings. The SMILES string of the molecule is [C-]#[N+]c1nc2c3cc4ccccc4cc3c3cc4ccccc4n3c2nc1[N+]#[C-]. The van der Waals surface area contributed by atoms with E-state index in [9.17, 15) is 0 Å². The Morgan fingerprint density at radius 1 is 0.655 bits per heavy atom. The van der Waals surface area contributed by atoms with E-state index in [4.69, 9.17) is 13.1 Å². The monoisotopic (exact) mass is 369 g/mol. The first-order chi connectivity index (χ1) is 14.3. The highest BCUT2D eigenvalue weighted by Gasteiger charge is 2.22. The molecule has 0 bridgehead atoms. The van der Waals surface area contributed by atoms with Gasteiger partial charge in [-0.15, -0.1) is 9.97 Å². The maximum atomic E-state index is 7.44. The minimum absolute atomic E-state index is 0.0340. The molecule has 0 aliphatic rings. The molecule has 5 heteroatoms. The van der Waals surface area contributed by atoms with E-state index in [2.05, 4.69) is 60.5 Å². The van der Waals surface area contributed by atoms with E-state index in [0.717, 1.165) is 38.0 Å². The Morgan fingerprint density at radius 3 is 2.00 bits per heavy atom. The van der Waals surface area contributed by atoms with Crippen LogP contribution in [0, 0.1) is 13.1 Å². The fourth-order valence-electron chi connectivity index (χ4n) is 4.13. The van der Waals surface area contributed by atoms with Gasteiger partial charge in [0.05, 0.1) is 11.0 Å². The second-order valence-electron chi connectivity index (χ2n) is 6.94. The number of fused-ring (bicyclic) bond motifs is 9. The van der Waals surface area contributed by atoms with Gasteiger partial charge in [0, 0.05) is 16.2 Å². The number of pyridine rings is 1. The maximum absolute atomic E-state index is 7.44. The molecule has 3 aromatic heterocycles. The second-order valence-corrected chi connectivity index (χ2v) is 6.94. The summed E-state index contributed by atoms with van der Waals surface area (Å²) in [4.78, 5) is 16.0. The molecule has 6 rings (SSSR count). The molecule has 0 saturated carbocycles. The van der Waals surface area contributed by atoms with Gasteiger partial charge in [0.15, 0.2) is 0 Å². The number of para-hydroxylation sites is 1. The minimum Gasteiger partial charge on any atom is -0.370 e. The number of hydrogen-bond donors (Lipinski definition) is 0. The quantitative estimate of drug-likeness (QED) is 0.175. The van der Waals surface area contributed by atoms with Crippen molar-refractivity contribution in [2.45, 2.75) is 0 Å². The van der Waals surface area contributed by atoms with Gasteiger partial charge in [-0.1, -0.05) is 55.6 Å². The van der Waals surface area contributed by atoms with Gasteiger partial charge in [0.2, 0.25) is 5.52 Å². The lowest BCUT2D eigenvalue weighted by molar-refractivity contribution is 1.23. The van der Waals surface area contributed by atoms with Crippen LogP contribution < -0.4 is 0 Å². The Balaban J connectivity index is 2.00. The van der Waals surface area contributed by atoms with Crippen molar-refractivity contribution in [3.05, 3.63) is 89.6 Å². The van der Waals surface area contributed by atoms with Crippen LogP contribution in [0.5, 0.6) is 0 Å². The van der Waals surface area contributed by atoms with Gasteiger partial charge in [0.25, 0.3) is 17.3 Å². The van der Waals surface area contributed by atoms with Crippen LogP contribution in [-0.2, 0) is 0 Å². The van der Waals surface area contributed by atoms with Crippen molar-refractivity contribution in [2.24, 2.45) is 0 Å². The Hall–Kier alpha value is -4.48. The molecule has 0 spiro atoms. The van der Waals surface area contributed by atoms with Crippen molar-refractivity contribution < 1.29 is 0 Å². The topological polar surface area (TPSA) is 38.9 Å². The maximum Gasteiger partial charge on any atom is 0.295 e. The fourth-order valence-corrected chi connectivity index (χ4v) is 4.13. The van der Waals surface area contributed by atoms with Crippen molar-refractivity contribution in [3.8, 4) is 0 Å². The van der Waals surface area contributed by atoms with E-state index < -0.39 is 0 Å². The lowest BCUT2D eigenvalue weighted by Crippen LogP contribution is -1.96. The van der Waals surface area contributed by atoms with Crippen molar-refractivity contribution in [1.82, 2.24) is 14.4 Å². The van der Waals surface area contributed by atoms with E-state index in [-0.39, 0.29) is 11.6 Å². The van der Waals surface area contributed by atoms with Gasteiger partial charge in [-0.25, -0.2) is 0 Å². The summed E-state index contributed by atoms with van der Waals surface area (Å²) in [7, 11) is 0. The third-order valence-corrected chi connectivity index (χ3v) is 5.39. The van der Waals surface area contributed by atoms with Crippen LogP contribution in [0.2, 0.25) is 0 Å². The summed E-state index contributed by atoms with van der Waals surface area (Å²) in [6.07, 6.45) is 0. The predicted molar refractivity (Wildman–Crippen MR) is 116 cm³/mol. The second kappa shape index (κ2) is 5.51. The van der Waals surface area contributed by atoms with Crippen LogP contribution in [0.4, 0.5) is 11.6 Å². The van der Waals surface area contributed by atoms with Crippen LogP contribution in [0.15, 0.2) is 66.7 Å². The first-order valence-corrected chi connectivity index (χ1v) is 9.10. The van der Waals surface area contributed by atoms with E-state index in [1.54, 1.807) is 0 Å². The Morgan fingerprint density at radius 2 is 1.28 bits per heavy atom. The number of benzene rings is 3. The van der Waals surface area contributed by atoms with Crippen LogP contribution in [0.1, 0.15) is 0 Å². The number of aromatic nitrogens is 3. The van der Waals surface area contributed by atoms with Crippen molar-refractivity contribution in [2.75, 3.05) is 0 Å². The van der Waals surface area contributed by atoms with Crippen LogP contribution >= 0.6 is 0 Å². The molecule has 0 unspecified atom stereocenters. The van der Waals surface area contributed by atoms with Gasteiger partial charge in [-0.3, -0.25) is 4.40 Å². The number of nitrogens with zero attached hydrogens (tertiary/aromatic N) is 5. The zero-order valence-corrected chi connectivity index (χ0v) is 15.1. The summed E-state index contributed by atoms with van der Waals surface area (Å²) in [5.41, 5.74) is 3.25. The van der Waals surface area contributed by atoms with Crippen molar-refractivity contribution in [1.29, 1.82) is 0 Å². The highest BCUT2D eigenvalue weighted by Crippen LogP contribution is 2.37. The molecular weight excluding hydrogens is 358 g/mol. The summed E-state index contributed by atoms with van der Waals surface area (Å²) >= 11 is 0. The van der Waals surface area contributed by atoms with Gasteiger partial charge < -0.3 is 9.69 Å². The van der Waals surface area contributed by atoms with Crippen LogP contribution in [0.3, 0.4) is 0 Å². The third kappa shape index (κ3) is 2.02. The molecule has 5 nitrogen and oxygen atoms in total. The number of hydrogen-bond acceptors (Lipinski definition) is 2. The largest absolute Gasteiger partial charge is 0.370 e. The molecule has 0 saturated heterocycles. The lowest BCUT2D eigenvalue weighted by atomic mass is 10.0. The van der Waals surface area contributed by atoms with Crippen molar-refractivity contribution in [3.63, 3.8) is 0 Å². The highest BCUT2D eigenvalue weighted by atomic mass is 15.1. The minimum atomic E-state index is 0.0340. The molecule has 0 N–H and O–H groups in total. The molecule has 0 aliphatic carbocycles. The summed E-state index contributed by atoms with van der Waals surface area (Å²) in [5, 5.41) is 5.32.